The van der Waals surface area contributed by atoms with E-state index in [1.807, 2.05) is 37.3 Å². The van der Waals surface area contributed by atoms with E-state index >= 15 is 0 Å². The fraction of sp³-hybridized carbons (Fsp3) is 0.462. The highest BCUT2D eigenvalue weighted by Crippen LogP contribution is 2.24. The van der Waals surface area contributed by atoms with Gasteiger partial charge in [-0.3, -0.25) is 0 Å². The molecule has 1 heterocycles. The fourth-order valence-electron chi connectivity index (χ4n) is 2.02. The van der Waals surface area contributed by atoms with Crippen LogP contribution in [0.1, 0.15) is 18.5 Å². The van der Waals surface area contributed by atoms with E-state index in [0.717, 1.165) is 5.56 Å². The largest absolute Gasteiger partial charge is 0.449 e. The Hall–Kier alpha value is -1.55. The second-order valence-corrected chi connectivity index (χ2v) is 4.36. The van der Waals surface area contributed by atoms with Gasteiger partial charge < -0.3 is 14.7 Å². The zero-order valence-corrected chi connectivity index (χ0v) is 9.87. The average Bonchev–Trinajstić information content (AvgIpc) is 2.39. The van der Waals surface area contributed by atoms with Crippen molar-refractivity contribution in [2.24, 2.45) is 5.92 Å². The molecule has 1 fully saturated rings. The number of aliphatic hydroxyl groups excluding tert-OH is 1. The molecule has 1 amide bonds. The summed E-state index contributed by atoms with van der Waals surface area (Å²) in [7, 11) is 0. The van der Waals surface area contributed by atoms with E-state index in [2.05, 4.69) is 0 Å². The molecule has 2 unspecified atom stereocenters. The number of benzene rings is 1. The molecular formula is C13H17NO3. The van der Waals surface area contributed by atoms with Crippen molar-refractivity contribution < 1.29 is 14.6 Å². The molecule has 92 valence electrons. The average molecular weight is 235 g/mol. The molecule has 2 atom stereocenters. The first kappa shape index (κ1) is 11.9. The SMILES string of the molecule is CC(c1ccccc1)N1CC(CO)COC1=O. The summed E-state index contributed by atoms with van der Waals surface area (Å²) in [6.07, 6.45) is -0.300. The molecule has 0 radical (unpaired) electrons. The number of hydrogen-bond donors (Lipinski definition) is 1. The first-order chi connectivity index (χ1) is 8.22. The molecule has 17 heavy (non-hydrogen) atoms. The summed E-state index contributed by atoms with van der Waals surface area (Å²) in [6.45, 7) is 2.88. The van der Waals surface area contributed by atoms with Crippen molar-refractivity contribution in [3.8, 4) is 0 Å². The number of ether oxygens (including phenoxy) is 1. The predicted octanol–water partition coefficient (Wildman–Crippen LogP) is 1.81. The van der Waals surface area contributed by atoms with Crippen LogP contribution in [-0.4, -0.2) is 35.9 Å². The normalized spacial score (nSPS) is 22.1. The number of cyclic esters (lactones) is 1. The lowest BCUT2D eigenvalue weighted by atomic mass is 10.0. The Morgan fingerprint density at radius 1 is 1.47 bits per heavy atom. The number of nitrogens with zero attached hydrogens (tertiary/aromatic N) is 1. The van der Waals surface area contributed by atoms with Crippen LogP contribution in [0.5, 0.6) is 0 Å². The van der Waals surface area contributed by atoms with Crippen LogP contribution in [0.4, 0.5) is 4.79 Å². The molecule has 0 bridgehead atoms. The van der Waals surface area contributed by atoms with E-state index in [1.54, 1.807) is 4.90 Å². The summed E-state index contributed by atoms with van der Waals surface area (Å²) in [4.78, 5) is 13.4. The Kier molecular flexibility index (Phi) is 3.64. The van der Waals surface area contributed by atoms with Gasteiger partial charge in [0.1, 0.15) is 0 Å². The molecule has 2 rings (SSSR count). The molecule has 4 nitrogen and oxygen atoms in total. The molecule has 1 saturated heterocycles. The van der Waals surface area contributed by atoms with Gasteiger partial charge in [-0.2, -0.15) is 0 Å². The molecule has 0 spiro atoms. The van der Waals surface area contributed by atoms with Crippen LogP contribution in [0.2, 0.25) is 0 Å². The number of carbonyl (C=O) groups is 1. The standard InChI is InChI=1S/C13H17NO3/c1-10(12-5-3-2-4-6-12)14-7-11(8-15)9-17-13(14)16/h2-6,10-11,15H,7-9H2,1H3. The highest BCUT2D eigenvalue weighted by molar-refractivity contribution is 5.69. The second-order valence-electron chi connectivity index (χ2n) is 4.36. The minimum atomic E-state index is -0.300. The Balaban J connectivity index is 2.12. The third kappa shape index (κ3) is 2.58. The molecule has 0 aromatic heterocycles. The van der Waals surface area contributed by atoms with Crippen LogP contribution in [-0.2, 0) is 4.74 Å². The first-order valence-corrected chi connectivity index (χ1v) is 5.81. The van der Waals surface area contributed by atoms with Gasteiger partial charge in [-0.15, -0.1) is 0 Å². The number of amides is 1. The van der Waals surface area contributed by atoms with Gasteiger partial charge in [0, 0.05) is 12.5 Å². The van der Waals surface area contributed by atoms with Crippen LogP contribution < -0.4 is 0 Å². The van der Waals surface area contributed by atoms with Gasteiger partial charge in [-0.05, 0) is 12.5 Å². The summed E-state index contributed by atoms with van der Waals surface area (Å²) in [6, 6.07) is 9.79. The van der Waals surface area contributed by atoms with Gasteiger partial charge in [-0.25, -0.2) is 4.79 Å². The van der Waals surface area contributed by atoms with E-state index in [4.69, 9.17) is 9.84 Å². The van der Waals surface area contributed by atoms with E-state index in [-0.39, 0.29) is 24.7 Å². The summed E-state index contributed by atoms with van der Waals surface area (Å²) in [5.41, 5.74) is 1.07. The fourth-order valence-corrected chi connectivity index (χ4v) is 2.02. The number of hydrogen-bond acceptors (Lipinski definition) is 3. The topological polar surface area (TPSA) is 49.8 Å². The molecule has 1 N–H and O–H groups in total. The van der Waals surface area contributed by atoms with E-state index in [1.165, 1.54) is 0 Å². The second kappa shape index (κ2) is 5.19. The van der Waals surface area contributed by atoms with Gasteiger partial charge in [-0.1, -0.05) is 30.3 Å². The number of rotatable bonds is 3. The van der Waals surface area contributed by atoms with Crippen molar-refractivity contribution in [3.05, 3.63) is 35.9 Å². The maximum Gasteiger partial charge on any atom is 0.410 e. The monoisotopic (exact) mass is 235 g/mol. The van der Waals surface area contributed by atoms with Crippen molar-refractivity contribution >= 4 is 6.09 Å². The molecule has 0 saturated carbocycles. The minimum absolute atomic E-state index is 0.0128. The highest BCUT2D eigenvalue weighted by Gasteiger charge is 2.30. The van der Waals surface area contributed by atoms with E-state index in [0.29, 0.717) is 13.2 Å². The van der Waals surface area contributed by atoms with Crippen molar-refractivity contribution in [2.75, 3.05) is 19.8 Å². The lowest BCUT2D eigenvalue weighted by Gasteiger charge is -2.35. The molecule has 1 aliphatic rings. The maximum atomic E-state index is 11.7. The first-order valence-electron chi connectivity index (χ1n) is 5.81. The van der Waals surface area contributed by atoms with Crippen LogP contribution in [0, 0.1) is 5.92 Å². The van der Waals surface area contributed by atoms with Crippen LogP contribution in [0.25, 0.3) is 0 Å². The summed E-state index contributed by atoms with van der Waals surface area (Å²) in [5, 5.41) is 9.13. The Labute approximate surface area is 101 Å². The predicted molar refractivity (Wildman–Crippen MR) is 63.5 cm³/mol. The maximum absolute atomic E-state index is 11.7. The Bertz CT molecular complexity index is 380. The minimum Gasteiger partial charge on any atom is -0.449 e. The molecule has 1 aliphatic heterocycles. The summed E-state index contributed by atoms with van der Waals surface area (Å²) >= 11 is 0. The van der Waals surface area contributed by atoms with Crippen molar-refractivity contribution in [3.63, 3.8) is 0 Å². The number of aliphatic hydroxyl groups is 1. The van der Waals surface area contributed by atoms with Gasteiger partial charge in [0.15, 0.2) is 0 Å². The third-order valence-corrected chi connectivity index (χ3v) is 3.14. The summed E-state index contributed by atoms with van der Waals surface area (Å²) in [5.74, 6) is 0.0128. The quantitative estimate of drug-likeness (QED) is 0.869. The van der Waals surface area contributed by atoms with Gasteiger partial charge >= 0.3 is 6.09 Å². The summed E-state index contributed by atoms with van der Waals surface area (Å²) < 4.78 is 5.06. The van der Waals surface area contributed by atoms with Gasteiger partial charge in [0.05, 0.1) is 19.3 Å². The number of carbonyl (C=O) groups excluding carboxylic acids is 1. The van der Waals surface area contributed by atoms with Crippen LogP contribution >= 0.6 is 0 Å². The molecule has 1 aromatic carbocycles. The zero-order valence-electron chi connectivity index (χ0n) is 9.87. The van der Waals surface area contributed by atoms with E-state index < -0.39 is 0 Å². The lowest BCUT2D eigenvalue weighted by molar-refractivity contribution is 0.0120. The van der Waals surface area contributed by atoms with E-state index in [9.17, 15) is 4.79 Å². The zero-order chi connectivity index (χ0) is 12.3. The highest BCUT2D eigenvalue weighted by atomic mass is 16.6. The molecule has 4 heteroatoms. The third-order valence-electron chi connectivity index (χ3n) is 3.14. The van der Waals surface area contributed by atoms with Gasteiger partial charge in [0.2, 0.25) is 0 Å². The Morgan fingerprint density at radius 2 is 2.18 bits per heavy atom. The molecular weight excluding hydrogens is 218 g/mol. The lowest BCUT2D eigenvalue weighted by Crippen LogP contribution is -2.45. The van der Waals surface area contributed by atoms with Crippen LogP contribution in [0.15, 0.2) is 30.3 Å². The smallest absolute Gasteiger partial charge is 0.410 e. The van der Waals surface area contributed by atoms with Crippen molar-refractivity contribution in [1.29, 1.82) is 0 Å². The van der Waals surface area contributed by atoms with Crippen molar-refractivity contribution in [1.82, 2.24) is 4.90 Å². The van der Waals surface area contributed by atoms with Gasteiger partial charge in [0.25, 0.3) is 0 Å². The van der Waals surface area contributed by atoms with Crippen molar-refractivity contribution in [2.45, 2.75) is 13.0 Å². The molecule has 0 aliphatic carbocycles. The Morgan fingerprint density at radius 3 is 2.82 bits per heavy atom. The van der Waals surface area contributed by atoms with Crippen LogP contribution in [0.3, 0.4) is 0 Å². The molecule has 1 aromatic rings.